The first-order chi connectivity index (χ1) is 12.3. The number of primary amides is 1. The summed E-state index contributed by atoms with van der Waals surface area (Å²) in [6, 6.07) is 5.22. The molecule has 2 heterocycles. The number of carbonyl (C=O) groups is 1. The molecule has 0 bridgehead atoms. The van der Waals surface area contributed by atoms with Crippen LogP contribution in [-0.2, 0) is 11.2 Å². The van der Waals surface area contributed by atoms with Gasteiger partial charge < -0.3 is 10.7 Å². The summed E-state index contributed by atoms with van der Waals surface area (Å²) in [5, 5.41) is 0.819. The van der Waals surface area contributed by atoms with Gasteiger partial charge in [0, 0.05) is 28.8 Å². The third kappa shape index (κ3) is 3.01. The maximum atomic E-state index is 15.1. The molecule has 1 unspecified atom stereocenters. The predicted octanol–water partition coefficient (Wildman–Crippen LogP) is 4.14. The second-order valence-corrected chi connectivity index (χ2v) is 6.64. The highest BCUT2D eigenvalue weighted by Gasteiger charge is 2.23. The summed E-state index contributed by atoms with van der Waals surface area (Å²) >= 11 is 0. The van der Waals surface area contributed by atoms with Crippen LogP contribution in [0.2, 0.25) is 0 Å². The van der Waals surface area contributed by atoms with E-state index in [4.69, 9.17) is 5.73 Å². The number of aryl methyl sites for hydroxylation is 2. The molecule has 0 aliphatic rings. The van der Waals surface area contributed by atoms with Gasteiger partial charge in [-0.3, -0.25) is 9.78 Å². The molecule has 26 heavy (non-hydrogen) atoms. The molecule has 1 amide bonds. The van der Waals surface area contributed by atoms with Crippen molar-refractivity contribution in [2.24, 2.45) is 5.73 Å². The molecule has 3 rings (SSSR count). The second-order valence-electron chi connectivity index (χ2n) is 6.64. The first kappa shape index (κ1) is 17.9. The number of H-pyrrole nitrogens is 1. The molecule has 1 aromatic carbocycles. The number of carbonyl (C=O) groups excluding carboxylic acids is 1. The predicted molar refractivity (Wildman–Crippen MR) is 102 cm³/mol. The number of rotatable bonds is 5. The molecule has 0 radical (unpaired) electrons. The van der Waals surface area contributed by atoms with E-state index in [2.05, 4.69) is 16.5 Å². The van der Waals surface area contributed by atoms with E-state index in [0.29, 0.717) is 11.1 Å². The summed E-state index contributed by atoms with van der Waals surface area (Å²) in [5.41, 5.74) is 10.9. The van der Waals surface area contributed by atoms with Crippen LogP contribution in [0, 0.1) is 19.7 Å². The molecule has 0 fully saturated rings. The van der Waals surface area contributed by atoms with E-state index in [0.717, 1.165) is 33.4 Å². The topological polar surface area (TPSA) is 71.8 Å². The Balaban J connectivity index is 2.23. The van der Waals surface area contributed by atoms with Gasteiger partial charge in [0.15, 0.2) is 0 Å². The van der Waals surface area contributed by atoms with Crippen molar-refractivity contribution in [3.8, 4) is 0 Å². The molecule has 0 spiro atoms. The normalized spacial score (nSPS) is 12.3. The van der Waals surface area contributed by atoms with Crippen LogP contribution in [0.1, 0.15) is 46.5 Å². The Morgan fingerprint density at radius 3 is 2.73 bits per heavy atom. The van der Waals surface area contributed by atoms with Gasteiger partial charge in [-0.25, -0.2) is 4.39 Å². The van der Waals surface area contributed by atoms with Crippen LogP contribution in [0.3, 0.4) is 0 Å². The van der Waals surface area contributed by atoms with Gasteiger partial charge in [0.1, 0.15) is 5.82 Å². The van der Waals surface area contributed by atoms with Crippen molar-refractivity contribution >= 4 is 22.9 Å². The van der Waals surface area contributed by atoms with Gasteiger partial charge >= 0.3 is 0 Å². The lowest BCUT2D eigenvalue weighted by atomic mass is 9.88. The zero-order valence-corrected chi connectivity index (χ0v) is 15.2. The molecule has 0 aliphatic carbocycles. The van der Waals surface area contributed by atoms with Crippen LogP contribution < -0.4 is 5.73 Å². The van der Waals surface area contributed by atoms with E-state index in [1.807, 2.05) is 32.9 Å². The average Bonchev–Trinajstić information content (AvgIpc) is 2.90. The molecule has 0 aliphatic heterocycles. The lowest BCUT2D eigenvalue weighted by Gasteiger charge is -2.17. The number of nitrogens with one attached hydrogen (secondary N) is 1. The Kier molecular flexibility index (Phi) is 4.64. The van der Waals surface area contributed by atoms with Crippen LogP contribution in [0.25, 0.3) is 17.0 Å². The molecule has 5 heteroatoms. The molecule has 134 valence electrons. The lowest BCUT2D eigenvalue weighted by molar-refractivity contribution is -0.117. The number of nitrogens with zero attached hydrogens (tertiary/aromatic N) is 1. The Morgan fingerprint density at radius 1 is 1.42 bits per heavy atom. The molecule has 4 nitrogen and oxygen atoms in total. The molecule has 3 aromatic rings. The zero-order valence-electron chi connectivity index (χ0n) is 15.2. The van der Waals surface area contributed by atoms with E-state index in [1.165, 1.54) is 6.07 Å². The number of aromatic nitrogens is 2. The molecule has 1 atom stereocenters. The summed E-state index contributed by atoms with van der Waals surface area (Å²) in [5.74, 6) is -1.02. The quantitative estimate of drug-likeness (QED) is 0.725. The highest BCUT2D eigenvalue weighted by Crippen LogP contribution is 2.37. The fourth-order valence-electron chi connectivity index (χ4n) is 3.43. The van der Waals surface area contributed by atoms with Gasteiger partial charge in [-0.1, -0.05) is 19.6 Å². The minimum Gasteiger partial charge on any atom is -0.369 e. The van der Waals surface area contributed by atoms with Crippen molar-refractivity contribution in [2.45, 2.75) is 33.1 Å². The van der Waals surface area contributed by atoms with Crippen molar-refractivity contribution in [1.82, 2.24) is 9.97 Å². The van der Waals surface area contributed by atoms with Crippen LogP contribution >= 0.6 is 0 Å². The SMILES string of the molecule is C=Cc1ccc(C(C)c2c(F)cc(CC(N)=O)c3[nH]c(C)c(C)c23)cn1. The maximum Gasteiger partial charge on any atom is 0.221 e. The number of pyridine rings is 1. The molecular formula is C21H22FN3O. The van der Waals surface area contributed by atoms with Crippen LogP contribution in [0.5, 0.6) is 0 Å². The number of nitrogens with two attached hydrogens (primary N) is 1. The Labute approximate surface area is 151 Å². The molecular weight excluding hydrogens is 329 g/mol. The van der Waals surface area contributed by atoms with E-state index in [-0.39, 0.29) is 18.2 Å². The lowest BCUT2D eigenvalue weighted by Crippen LogP contribution is -2.14. The Hall–Kier alpha value is -2.95. The largest absolute Gasteiger partial charge is 0.369 e. The van der Waals surface area contributed by atoms with Crippen molar-refractivity contribution in [1.29, 1.82) is 0 Å². The number of halogens is 1. The van der Waals surface area contributed by atoms with E-state index in [1.54, 1.807) is 12.3 Å². The fraction of sp³-hybridized carbons (Fsp3) is 0.238. The summed E-state index contributed by atoms with van der Waals surface area (Å²) < 4.78 is 15.1. The standard InChI is InChI=1S/C21H22FN3O/c1-5-16-7-6-14(10-24-16)12(3)19-17(22)8-15(9-18(23)26)21-20(19)11(2)13(4)25-21/h5-8,10,12,25H,1,9H2,2-4H3,(H2,23,26). The van der Waals surface area contributed by atoms with Crippen molar-refractivity contribution < 1.29 is 9.18 Å². The van der Waals surface area contributed by atoms with Crippen molar-refractivity contribution in [3.05, 3.63) is 70.4 Å². The number of aromatic amines is 1. The highest BCUT2D eigenvalue weighted by molar-refractivity contribution is 5.93. The third-order valence-corrected chi connectivity index (χ3v) is 4.96. The number of benzene rings is 1. The van der Waals surface area contributed by atoms with Gasteiger partial charge in [-0.15, -0.1) is 0 Å². The molecule has 0 saturated carbocycles. The summed E-state index contributed by atoms with van der Waals surface area (Å²) in [4.78, 5) is 19.0. The summed E-state index contributed by atoms with van der Waals surface area (Å²) in [7, 11) is 0. The van der Waals surface area contributed by atoms with E-state index in [9.17, 15) is 4.79 Å². The number of hydrogen-bond donors (Lipinski definition) is 2. The third-order valence-electron chi connectivity index (χ3n) is 4.96. The van der Waals surface area contributed by atoms with E-state index >= 15 is 4.39 Å². The minimum atomic E-state index is -0.486. The fourth-order valence-corrected chi connectivity index (χ4v) is 3.43. The summed E-state index contributed by atoms with van der Waals surface area (Å²) in [6.07, 6.45) is 3.42. The Bertz CT molecular complexity index is 1000. The second kappa shape index (κ2) is 6.75. The number of hydrogen-bond acceptors (Lipinski definition) is 2. The van der Waals surface area contributed by atoms with Gasteiger partial charge in [0.05, 0.1) is 17.6 Å². The molecule has 2 aromatic heterocycles. The zero-order chi connectivity index (χ0) is 19.0. The van der Waals surface area contributed by atoms with E-state index < -0.39 is 5.91 Å². The number of amides is 1. The van der Waals surface area contributed by atoms with Crippen molar-refractivity contribution in [2.75, 3.05) is 0 Å². The van der Waals surface area contributed by atoms with Crippen LogP contribution in [-0.4, -0.2) is 15.9 Å². The van der Waals surface area contributed by atoms with Gasteiger partial charge in [0.25, 0.3) is 0 Å². The smallest absolute Gasteiger partial charge is 0.221 e. The highest BCUT2D eigenvalue weighted by atomic mass is 19.1. The molecule has 0 saturated heterocycles. The van der Waals surface area contributed by atoms with Gasteiger partial charge in [0.2, 0.25) is 5.91 Å². The average molecular weight is 351 g/mol. The first-order valence-electron chi connectivity index (χ1n) is 8.50. The Morgan fingerprint density at radius 2 is 2.15 bits per heavy atom. The van der Waals surface area contributed by atoms with Gasteiger partial charge in [-0.2, -0.15) is 0 Å². The van der Waals surface area contributed by atoms with Crippen molar-refractivity contribution in [3.63, 3.8) is 0 Å². The molecule has 3 N–H and O–H groups in total. The summed E-state index contributed by atoms with van der Waals surface area (Å²) in [6.45, 7) is 9.55. The monoisotopic (exact) mass is 351 g/mol. The first-order valence-corrected chi connectivity index (χ1v) is 8.50. The van der Waals surface area contributed by atoms with Crippen LogP contribution in [0.15, 0.2) is 31.0 Å². The number of fused-ring (bicyclic) bond motifs is 1. The van der Waals surface area contributed by atoms with Crippen LogP contribution in [0.4, 0.5) is 4.39 Å². The van der Waals surface area contributed by atoms with Gasteiger partial charge in [-0.05, 0) is 48.7 Å². The minimum absolute atomic E-state index is 0.00292. The maximum absolute atomic E-state index is 15.1.